The monoisotopic (exact) mass is 433 g/mol. The summed E-state index contributed by atoms with van der Waals surface area (Å²) in [6.45, 7) is 7.43. The van der Waals surface area contributed by atoms with Crippen molar-refractivity contribution in [1.82, 2.24) is 9.80 Å². The number of rotatable bonds is 4. The maximum Gasteiger partial charge on any atom is 0.0545 e. The Labute approximate surface area is 196 Å². The first-order valence-corrected chi connectivity index (χ1v) is 12.1. The first-order valence-electron chi connectivity index (χ1n) is 12.1. The van der Waals surface area contributed by atoms with E-state index in [2.05, 4.69) is 112 Å². The molecule has 2 aliphatic rings. The van der Waals surface area contributed by atoms with Crippen molar-refractivity contribution in [2.75, 3.05) is 31.1 Å². The Kier molecular flexibility index (Phi) is 5.59. The summed E-state index contributed by atoms with van der Waals surface area (Å²) in [5.41, 5.74) is 5.72. The Balaban J connectivity index is 1.28. The van der Waals surface area contributed by atoms with E-state index in [-0.39, 0.29) is 0 Å². The summed E-state index contributed by atoms with van der Waals surface area (Å²) in [5, 5.41) is 2.71. The Morgan fingerprint density at radius 2 is 1.39 bits per heavy atom. The highest BCUT2D eigenvalue weighted by molar-refractivity contribution is 5.85. The second-order valence-corrected chi connectivity index (χ2v) is 9.50. The molecule has 3 nitrogen and oxygen atoms in total. The molecule has 33 heavy (non-hydrogen) atoms. The molecule has 0 aromatic heterocycles. The van der Waals surface area contributed by atoms with Gasteiger partial charge in [0.25, 0.3) is 0 Å². The number of hydrogen-bond donors (Lipinski definition) is 0. The molecule has 0 radical (unpaired) electrons. The van der Waals surface area contributed by atoms with E-state index in [1.165, 1.54) is 33.2 Å². The van der Waals surface area contributed by atoms with Crippen molar-refractivity contribution < 1.29 is 0 Å². The molecule has 0 amide bonds. The van der Waals surface area contributed by atoms with E-state index < -0.39 is 0 Å². The van der Waals surface area contributed by atoms with E-state index in [9.17, 15) is 0 Å². The highest BCUT2D eigenvalue weighted by Gasteiger charge is 2.32. The summed E-state index contributed by atoms with van der Waals surface area (Å²) < 4.78 is 0. The maximum absolute atomic E-state index is 2.68. The molecule has 2 aliphatic heterocycles. The van der Waals surface area contributed by atoms with Crippen molar-refractivity contribution in [3.05, 3.63) is 114 Å². The van der Waals surface area contributed by atoms with Crippen molar-refractivity contribution in [2.45, 2.75) is 25.7 Å². The van der Waals surface area contributed by atoms with Gasteiger partial charge in [-0.1, -0.05) is 91.0 Å². The van der Waals surface area contributed by atoms with Gasteiger partial charge >= 0.3 is 0 Å². The van der Waals surface area contributed by atoms with Crippen LogP contribution in [0.3, 0.4) is 0 Å². The van der Waals surface area contributed by atoms with Crippen LogP contribution in [0, 0.1) is 0 Å². The van der Waals surface area contributed by atoms with Crippen molar-refractivity contribution in [1.29, 1.82) is 0 Å². The van der Waals surface area contributed by atoms with E-state index in [1.807, 2.05) is 0 Å². The number of benzene rings is 4. The summed E-state index contributed by atoms with van der Waals surface area (Å²) in [6, 6.07) is 36.0. The molecule has 0 aliphatic carbocycles. The lowest BCUT2D eigenvalue weighted by atomic mass is 10.0. The zero-order valence-electron chi connectivity index (χ0n) is 19.1. The maximum atomic E-state index is 2.68. The Bertz CT molecular complexity index is 1230. The van der Waals surface area contributed by atoms with Gasteiger partial charge in [0.15, 0.2) is 0 Å². The van der Waals surface area contributed by atoms with Crippen LogP contribution in [-0.2, 0) is 19.6 Å². The molecule has 4 aromatic rings. The van der Waals surface area contributed by atoms with Crippen LogP contribution in [0.5, 0.6) is 0 Å². The molecule has 0 spiro atoms. The zero-order valence-corrected chi connectivity index (χ0v) is 19.1. The number of hydrogen-bond acceptors (Lipinski definition) is 3. The molecule has 1 atom stereocenters. The minimum Gasteiger partial charge on any atom is -0.364 e. The normalized spacial score (nSPS) is 19.2. The van der Waals surface area contributed by atoms with Crippen molar-refractivity contribution in [2.24, 2.45) is 0 Å². The van der Waals surface area contributed by atoms with Crippen LogP contribution < -0.4 is 4.90 Å². The molecule has 6 rings (SSSR count). The second kappa shape index (κ2) is 9.01. The topological polar surface area (TPSA) is 9.72 Å². The number of fused-ring (bicyclic) bond motifs is 4. The van der Waals surface area contributed by atoms with Gasteiger partial charge in [0, 0.05) is 51.5 Å². The smallest absolute Gasteiger partial charge is 0.0545 e. The van der Waals surface area contributed by atoms with Gasteiger partial charge in [-0.25, -0.2) is 0 Å². The van der Waals surface area contributed by atoms with Gasteiger partial charge in [0.2, 0.25) is 0 Å². The third-order valence-electron chi connectivity index (χ3n) is 7.25. The van der Waals surface area contributed by atoms with Crippen LogP contribution >= 0.6 is 0 Å². The van der Waals surface area contributed by atoms with Gasteiger partial charge < -0.3 is 4.90 Å². The lowest BCUT2D eigenvalue weighted by Gasteiger charge is -2.43. The fraction of sp³-hybridized carbons (Fsp3) is 0.267. The van der Waals surface area contributed by atoms with Gasteiger partial charge in [-0.05, 0) is 33.5 Å². The highest BCUT2D eigenvalue weighted by Crippen LogP contribution is 2.31. The zero-order chi connectivity index (χ0) is 22.0. The first-order chi connectivity index (χ1) is 16.3. The van der Waals surface area contributed by atoms with Gasteiger partial charge in [-0.3, -0.25) is 9.80 Å². The minimum absolute atomic E-state index is 0.501. The van der Waals surface area contributed by atoms with Crippen LogP contribution in [0.2, 0.25) is 0 Å². The summed E-state index contributed by atoms with van der Waals surface area (Å²) in [5.74, 6) is 0. The van der Waals surface area contributed by atoms with E-state index in [0.717, 1.165) is 45.8 Å². The van der Waals surface area contributed by atoms with E-state index >= 15 is 0 Å². The molecule has 0 bridgehead atoms. The van der Waals surface area contributed by atoms with E-state index in [1.54, 1.807) is 0 Å². The first kappa shape index (κ1) is 20.5. The minimum atomic E-state index is 0.501. The average molecular weight is 434 g/mol. The lowest BCUT2D eigenvalue weighted by Crippen LogP contribution is -2.55. The van der Waals surface area contributed by atoms with E-state index in [4.69, 9.17) is 0 Å². The van der Waals surface area contributed by atoms with Crippen LogP contribution in [0.4, 0.5) is 5.69 Å². The molecular weight excluding hydrogens is 402 g/mol. The summed E-state index contributed by atoms with van der Waals surface area (Å²) in [7, 11) is 0. The third kappa shape index (κ3) is 4.27. The Morgan fingerprint density at radius 1 is 0.636 bits per heavy atom. The molecule has 4 aromatic carbocycles. The number of para-hydroxylation sites is 1. The number of nitrogens with zero attached hydrogens (tertiary/aromatic N) is 3. The van der Waals surface area contributed by atoms with Gasteiger partial charge in [-0.2, -0.15) is 0 Å². The Hall–Kier alpha value is -3.14. The van der Waals surface area contributed by atoms with Crippen LogP contribution in [0.15, 0.2) is 97.1 Å². The van der Waals surface area contributed by atoms with Crippen molar-refractivity contribution >= 4 is 16.5 Å². The highest BCUT2D eigenvalue weighted by atomic mass is 15.3. The quantitative estimate of drug-likeness (QED) is 0.418. The van der Waals surface area contributed by atoms with Crippen LogP contribution in [0.25, 0.3) is 10.8 Å². The molecule has 3 heteroatoms. The van der Waals surface area contributed by atoms with Crippen LogP contribution in [-0.4, -0.2) is 42.0 Å². The van der Waals surface area contributed by atoms with Gasteiger partial charge in [-0.15, -0.1) is 0 Å². The molecule has 0 saturated carbocycles. The molecular formula is C30H31N3. The summed E-state index contributed by atoms with van der Waals surface area (Å²) >= 11 is 0. The third-order valence-corrected chi connectivity index (χ3v) is 7.25. The van der Waals surface area contributed by atoms with E-state index in [0.29, 0.717) is 6.04 Å². The molecule has 1 saturated heterocycles. The fourth-order valence-electron chi connectivity index (χ4n) is 5.70. The lowest BCUT2D eigenvalue weighted by molar-refractivity contribution is 0.173. The molecule has 1 unspecified atom stereocenters. The van der Waals surface area contributed by atoms with Gasteiger partial charge in [0.05, 0.1) is 6.04 Å². The fourth-order valence-corrected chi connectivity index (χ4v) is 5.70. The number of anilines is 1. The number of piperazine rings is 1. The second-order valence-electron chi connectivity index (χ2n) is 9.50. The predicted molar refractivity (Wildman–Crippen MR) is 137 cm³/mol. The molecule has 2 heterocycles. The molecule has 0 N–H and O–H groups in total. The largest absolute Gasteiger partial charge is 0.364 e. The molecule has 166 valence electrons. The Morgan fingerprint density at radius 3 is 2.33 bits per heavy atom. The standard InChI is InChI=1S/C30H31N3/c1-2-9-24(10-3-1)19-31-17-18-33-28(22-31)23-32(21-27-12-5-7-16-30(27)33)20-26-14-8-13-25-11-4-6-15-29(25)26/h1-16,28H,17-23H2. The summed E-state index contributed by atoms with van der Waals surface area (Å²) in [6.07, 6.45) is 0. The van der Waals surface area contributed by atoms with Crippen LogP contribution in [0.1, 0.15) is 16.7 Å². The predicted octanol–water partition coefficient (Wildman–Crippen LogP) is 5.55. The SMILES string of the molecule is c1ccc(CN2CCN3c4ccccc4CN(Cc4cccc5ccccc45)CC3C2)cc1. The van der Waals surface area contributed by atoms with Gasteiger partial charge in [0.1, 0.15) is 0 Å². The van der Waals surface area contributed by atoms with Crippen molar-refractivity contribution in [3.63, 3.8) is 0 Å². The van der Waals surface area contributed by atoms with Crippen molar-refractivity contribution in [3.8, 4) is 0 Å². The molecule has 1 fully saturated rings. The summed E-state index contributed by atoms with van der Waals surface area (Å²) in [4.78, 5) is 7.98. The average Bonchev–Trinajstić information content (AvgIpc) is 3.01.